The molecule has 0 unspecified atom stereocenters. The van der Waals surface area contributed by atoms with Crippen molar-refractivity contribution in [3.8, 4) is 0 Å². The Balaban J connectivity index is 1.31. The Kier molecular flexibility index (Phi) is 5.48. The number of amides is 2. The molecule has 1 fully saturated rings. The zero-order chi connectivity index (χ0) is 19.5. The first-order valence-electron chi connectivity index (χ1n) is 9.49. The van der Waals surface area contributed by atoms with Crippen LogP contribution in [0.25, 0.3) is 10.9 Å². The number of H-pyrrole nitrogens is 1. The Labute approximate surface area is 172 Å². The average molecular weight is 440 g/mol. The SMILES string of the molecule is O=C(NCC(=O)N1CCC(c2c[nH]c3ccccc23)CC1)c1cccc(Br)c1. The topological polar surface area (TPSA) is 65.2 Å². The summed E-state index contributed by atoms with van der Waals surface area (Å²) in [5.41, 5.74) is 3.04. The summed E-state index contributed by atoms with van der Waals surface area (Å²) < 4.78 is 0.839. The molecule has 1 aliphatic heterocycles. The molecule has 5 nitrogen and oxygen atoms in total. The van der Waals surface area contributed by atoms with Gasteiger partial charge in [-0.05, 0) is 48.6 Å². The Morgan fingerprint density at radius 3 is 2.68 bits per heavy atom. The predicted octanol–water partition coefficient (Wildman–Crippen LogP) is 4.07. The van der Waals surface area contributed by atoms with E-state index in [9.17, 15) is 9.59 Å². The van der Waals surface area contributed by atoms with E-state index >= 15 is 0 Å². The molecule has 4 rings (SSSR count). The van der Waals surface area contributed by atoms with E-state index in [0.717, 1.165) is 35.9 Å². The number of benzene rings is 2. The number of rotatable bonds is 4. The summed E-state index contributed by atoms with van der Waals surface area (Å²) >= 11 is 3.35. The van der Waals surface area contributed by atoms with Crippen LogP contribution in [0.3, 0.4) is 0 Å². The highest BCUT2D eigenvalue weighted by Crippen LogP contribution is 2.33. The molecule has 0 aliphatic carbocycles. The molecule has 1 aliphatic rings. The van der Waals surface area contributed by atoms with Gasteiger partial charge in [0.05, 0.1) is 6.54 Å². The monoisotopic (exact) mass is 439 g/mol. The van der Waals surface area contributed by atoms with Crippen molar-refractivity contribution in [3.63, 3.8) is 0 Å². The van der Waals surface area contributed by atoms with E-state index in [1.807, 2.05) is 17.0 Å². The Bertz CT molecular complexity index is 1010. The van der Waals surface area contributed by atoms with Gasteiger partial charge in [0.1, 0.15) is 0 Å². The van der Waals surface area contributed by atoms with Gasteiger partial charge < -0.3 is 15.2 Å². The van der Waals surface area contributed by atoms with Crippen LogP contribution in [0.15, 0.2) is 59.2 Å². The summed E-state index contributed by atoms with van der Waals surface area (Å²) in [6.45, 7) is 1.47. The minimum absolute atomic E-state index is 0.0271. The Morgan fingerprint density at radius 1 is 1.11 bits per heavy atom. The first-order chi connectivity index (χ1) is 13.6. The van der Waals surface area contributed by atoms with E-state index in [2.05, 4.69) is 50.6 Å². The smallest absolute Gasteiger partial charge is 0.251 e. The van der Waals surface area contributed by atoms with Crippen LogP contribution in [-0.2, 0) is 4.79 Å². The molecule has 0 atom stereocenters. The van der Waals surface area contributed by atoms with Crippen LogP contribution in [0.2, 0.25) is 0 Å². The number of likely N-dealkylation sites (tertiary alicyclic amines) is 1. The van der Waals surface area contributed by atoms with Crippen molar-refractivity contribution in [3.05, 3.63) is 70.3 Å². The fraction of sp³-hybridized carbons (Fsp3) is 0.273. The molecule has 2 amide bonds. The van der Waals surface area contributed by atoms with Gasteiger partial charge in [-0.15, -0.1) is 0 Å². The first-order valence-corrected chi connectivity index (χ1v) is 10.3. The van der Waals surface area contributed by atoms with Gasteiger partial charge in [-0.25, -0.2) is 0 Å². The molecular weight excluding hydrogens is 418 g/mol. The van der Waals surface area contributed by atoms with Crippen molar-refractivity contribution in [1.29, 1.82) is 0 Å². The molecule has 28 heavy (non-hydrogen) atoms. The zero-order valence-electron chi connectivity index (χ0n) is 15.5. The number of aromatic amines is 1. The molecule has 6 heteroatoms. The Hall–Kier alpha value is -2.60. The fourth-order valence-electron chi connectivity index (χ4n) is 3.87. The van der Waals surface area contributed by atoms with Crippen LogP contribution >= 0.6 is 15.9 Å². The summed E-state index contributed by atoms with van der Waals surface area (Å²) in [5, 5.41) is 4.00. The summed E-state index contributed by atoms with van der Waals surface area (Å²) in [6, 6.07) is 15.5. The summed E-state index contributed by atoms with van der Waals surface area (Å²) in [6.07, 6.45) is 3.98. The van der Waals surface area contributed by atoms with Crippen LogP contribution in [0, 0.1) is 0 Å². The normalized spacial score (nSPS) is 15.0. The minimum Gasteiger partial charge on any atom is -0.361 e. The lowest BCUT2D eigenvalue weighted by Gasteiger charge is -2.32. The van der Waals surface area contributed by atoms with Gasteiger partial charge in [0.2, 0.25) is 5.91 Å². The number of fused-ring (bicyclic) bond motifs is 1. The van der Waals surface area contributed by atoms with Gasteiger partial charge in [-0.1, -0.05) is 40.2 Å². The van der Waals surface area contributed by atoms with E-state index in [-0.39, 0.29) is 18.4 Å². The number of para-hydroxylation sites is 1. The number of piperidine rings is 1. The number of aromatic nitrogens is 1. The van der Waals surface area contributed by atoms with Gasteiger partial charge in [-0.2, -0.15) is 0 Å². The molecule has 144 valence electrons. The standard InChI is InChI=1S/C22H22BrN3O2/c23-17-5-3-4-16(12-17)22(28)25-14-21(27)26-10-8-15(9-11-26)19-13-24-20-7-2-1-6-18(19)20/h1-7,12-13,15,24H,8-11,14H2,(H,25,28). The number of hydrogen-bond donors (Lipinski definition) is 2. The third-order valence-electron chi connectivity index (χ3n) is 5.40. The maximum Gasteiger partial charge on any atom is 0.251 e. The molecule has 0 saturated carbocycles. The van der Waals surface area contributed by atoms with Gasteiger partial charge in [0, 0.05) is 40.2 Å². The average Bonchev–Trinajstić information content (AvgIpc) is 3.16. The van der Waals surface area contributed by atoms with Crippen molar-refractivity contribution in [1.82, 2.24) is 15.2 Å². The van der Waals surface area contributed by atoms with E-state index in [0.29, 0.717) is 11.5 Å². The van der Waals surface area contributed by atoms with E-state index in [1.165, 1.54) is 10.9 Å². The van der Waals surface area contributed by atoms with E-state index in [4.69, 9.17) is 0 Å². The Morgan fingerprint density at radius 2 is 1.89 bits per heavy atom. The highest BCUT2D eigenvalue weighted by molar-refractivity contribution is 9.10. The zero-order valence-corrected chi connectivity index (χ0v) is 17.0. The molecule has 3 aromatic rings. The fourth-order valence-corrected chi connectivity index (χ4v) is 4.27. The number of halogens is 1. The van der Waals surface area contributed by atoms with E-state index < -0.39 is 0 Å². The lowest BCUT2D eigenvalue weighted by Crippen LogP contribution is -2.43. The molecule has 0 radical (unpaired) electrons. The number of nitrogens with one attached hydrogen (secondary N) is 2. The maximum atomic E-state index is 12.5. The molecule has 0 spiro atoms. The molecule has 2 heterocycles. The molecule has 0 bridgehead atoms. The summed E-state index contributed by atoms with van der Waals surface area (Å²) in [5.74, 6) is 0.195. The second-order valence-electron chi connectivity index (χ2n) is 7.14. The molecule has 2 aromatic carbocycles. The second kappa shape index (κ2) is 8.19. The molecule has 1 saturated heterocycles. The van der Waals surface area contributed by atoms with Crippen LogP contribution < -0.4 is 5.32 Å². The number of carbonyl (C=O) groups excluding carboxylic acids is 2. The van der Waals surface area contributed by atoms with Gasteiger partial charge >= 0.3 is 0 Å². The summed E-state index contributed by atoms with van der Waals surface area (Å²) in [7, 11) is 0. The molecule has 2 N–H and O–H groups in total. The van der Waals surface area contributed by atoms with Crippen LogP contribution in [0.4, 0.5) is 0 Å². The quantitative estimate of drug-likeness (QED) is 0.643. The minimum atomic E-state index is -0.233. The highest BCUT2D eigenvalue weighted by atomic mass is 79.9. The van der Waals surface area contributed by atoms with E-state index in [1.54, 1.807) is 18.2 Å². The third-order valence-corrected chi connectivity index (χ3v) is 5.89. The lowest BCUT2D eigenvalue weighted by atomic mass is 9.89. The van der Waals surface area contributed by atoms with Crippen LogP contribution in [0.1, 0.15) is 34.7 Å². The summed E-state index contributed by atoms with van der Waals surface area (Å²) in [4.78, 5) is 29.9. The van der Waals surface area contributed by atoms with Crippen molar-refractivity contribution < 1.29 is 9.59 Å². The predicted molar refractivity (Wildman–Crippen MR) is 113 cm³/mol. The van der Waals surface area contributed by atoms with Crippen molar-refractivity contribution in [2.45, 2.75) is 18.8 Å². The van der Waals surface area contributed by atoms with Gasteiger partial charge in [-0.3, -0.25) is 9.59 Å². The highest BCUT2D eigenvalue weighted by Gasteiger charge is 2.25. The second-order valence-corrected chi connectivity index (χ2v) is 8.05. The lowest BCUT2D eigenvalue weighted by molar-refractivity contribution is -0.131. The van der Waals surface area contributed by atoms with Crippen molar-refractivity contribution in [2.75, 3.05) is 19.6 Å². The van der Waals surface area contributed by atoms with Crippen molar-refractivity contribution >= 4 is 38.6 Å². The third kappa shape index (κ3) is 3.97. The number of nitrogens with zero attached hydrogens (tertiary/aromatic N) is 1. The van der Waals surface area contributed by atoms with Crippen LogP contribution in [-0.4, -0.2) is 41.3 Å². The number of hydrogen-bond acceptors (Lipinski definition) is 2. The van der Waals surface area contributed by atoms with Gasteiger partial charge in [0.15, 0.2) is 0 Å². The molecule has 1 aromatic heterocycles. The first kappa shape index (κ1) is 18.7. The maximum absolute atomic E-state index is 12.5. The number of carbonyl (C=O) groups is 2. The van der Waals surface area contributed by atoms with Gasteiger partial charge in [0.25, 0.3) is 5.91 Å². The van der Waals surface area contributed by atoms with Crippen LogP contribution in [0.5, 0.6) is 0 Å². The van der Waals surface area contributed by atoms with Crippen molar-refractivity contribution in [2.24, 2.45) is 0 Å². The molecular formula is C22H22BrN3O2. The largest absolute Gasteiger partial charge is 0.361 e.